The minimum absolute atomic E-state index is 0.0129. The largest absolute Gasteiger partial charge is 0.394 e. The first-order valence-electron chi connectivity index (χ1n) is 11.1. The first kappa shape index (κ1) is 20.0. The van der Waals surface area contributed by atoms with E-state index in [9.17, 15) is 14.7 Å². The van der Waals surface area contributed by atoms with Crippen LogP contribution in [-0.2, 0) is 4.79 Å². The number of aliphatic hydroxyl groups excluding tert-OH is 1. The SMILES string of the molecule is O=C(NC1CCCC1)N1CC(=O)N2[C@H](CO)[C@@H](c3ccc(-c4cccnc4)cc3)[C@H]2C1. The molecule has 2 aliphatic heterocycles. The van der Waals surface area contributed by atoms with Crippen LogP contribution in [-0.4, -0.2) is 69.7 Å². The van der Waals surface area contributed by atoms with Gasteiger partial charge in [0, 0.05) is 30.9 Å². The molecule has 2 saturated heterocycles. The molecule has 1 saturated carbocycles. The van der Waals surface area contributed by atoms with Crippen LogP contribution in [0.3, 0.4) is 0 Å². The maximum Gasteiger partial charge on any atom is 0.318 e. The van der Waals surface area contributed by atoms with E-state index in [-0.39, 0.29) is 49.1 Å². The van der Waals surface area contributed by atoms with Crippen molar-refractivity contribution in [2.75, 3.05) is 19.7 Å². The highest BCUT2D eigenvalue weighted by Gasteiger charge is 2.54. The third kappa shape index (κ3) is 3.67. The fourth-order valence-electron chi connectivity index (χ4n) is 5.42. The zero-order valence-electron chi connectivity index (χ0n) is 17.5. The Kier molecular flexibility index (Phi) is 5.36. The maximum absolute atomic E-state index is 12.8. The summed E-state index contributed by atoms with van der Waals surface area (Å²) in [5.74, 6) is -0.0703. The van der Waals surface area contributed by atoms with Gasteiger partial charge in [-0.05, 0) is 35.6 Å². The second-order valence-electron chi connectivity index (χ2n) is 8.82. The minimum atomic E-state index is -0.234. The Balaban J connectivity index is 1.33. The fourth-order valence-corrected chi connectivity index (χ4v) is 5.42. The van der Waals surface area contributed by atoms with Crippen molar-refractivity contribution in [2.24, 2.45) is 0 Å². The first-order chi connectivity index (χ1) is 15.2. The minimum Gasteiger partial charge on any atom is -0.394 e. The van der Waals surface area contributed by atoms with Crippen LogP contribution >= 0.6 is 0 Å². The van der Waals surface area contributed by atoms with Crippen LogP contribution in [0.15, 0.2) is 48.8 Å². The molecule has 2 N–H and O–H groups in total. The first-order valence-corrected chi connectivity index (χ1v) is 11.1. The Morgan fingerprint density at radius 2 is 1.90 bits per heavy atom. The van der Waals surface area contributed by atoms with Gasteiger partial charge in [-0.3, -0.25) is 9.78 Å². The zero-order valence-corrected chi connectivity index (χ0v) is 17.5. The number of carbonyl (C=O) groups is 2. The van der Waals surface area contributed by atoms with Crippen molar-refractivity contribution in [2.45, 2.75) is 49.7 Å². The van der Waals surface area contributed by atoms with Gasteiger partial charge in [0.1, 0.15) is 6.54 Å². The zero-order chi connectivity index (χ0) is 21.4. The van der Waals surface area contributed by atoms with Gasteiger partial charge in [-0.25, -0.2) is 4.79 Å². The fraction of sp³-hybridized carbons (Fsp3) is 0.458. The van der Waals surface area contributed by atoms with Gasteiger partial charge in [0.2, 0.25) is 5.91 Å². The third-order valence-corrected chi connectivity index (χ3v) is 7.01. The Hall–Kier alpha value is -2.93. The molecule has 1 aromatic carbocycles. The molecule has 1 aromatic heterocycles. The second kappa shape index (κ2) is 8.30. The number of nitrogens with one attached hydrogen (secondary N) is 1. The van der Waals surface area contributed by atoms with E-state index >= 15 is 0 Å². The lowest BCUT2D eigenvalue weighted by molar-refractivity contribution is -0.159. The van der Waals surface area contributed by atoms with Gasteiger partial charge in [-0.15, -0.1) is 0 Å². The topological polar surface area (TPSA) is 85.8 Å². The quantitative estimate of drug-likeness (QED) is 0.795. The smallest absolute Gasteiger partial charge is 0.318 e. The molecule has 7 nitrogen and oxygen atoms in total. The van der Waals surface area contributed by atoms with Gasteiger partial charge in [0.05, 0.1) is 18.7 Å². The maximum atomic E-state index is 12.8. The molecule has 1 aliphatic carbocycles. The molecule has 2 aromatic rings. The Morgan fingerprint density at radius 1 is 1.13 bits per heavy atom. The van der Waals surface area contributed by atoms with Crippen LogP contribution in [0.4, 0.5) is 4.79 Å². The summed E-state index contributed by atoms with van der Waals surface area (Å²) in [6.07, 6.45) is 7.91. The molecule has 3 atom stereocenters. The summed E-state index contributed by atoms with van der Waals surface area (Å²) in [5.41, 5.74) is 3.20. The molecule has 3 aliphatic rings. The van der Waals surface area contributed by atoms with E-state index in [2.05, 4.69) is 34.6 Å². The van der Waals surface area contributed by atoms with Crippen molar-refractivity contribution in [3.8, 4) is 11.1 Å². The van der Waals surface area contributed by atoms with E-state index in [4.69, 9.17) is 0 Å². The van der Waals surface area contributed by atoms with Crippen LogP contribution in [0.1, 0.15) is 37.2 Å². The van der Waals surface area contributed by atoms with Gasteiger partial charge >= 0.3 is 6.03 Å². The third-order valence-electron chi connectivity index (χ3n) is 7.01. The number of aromatic nitrogens is 1. The number of aliphatic hydroxyl groups is 1. The molecular formula is C24H28N4O3. The van der Waals surface area contributed by atoms with E-state index in [1.807, 2.05) is 18.3 Å². The van der Waals surface area contributed by atoms with Crippen LogP contribution in [0, 0.1) is 0 Å². The molecule has 7 heteroatoms. The average Bonchev–Trinajstić information content (AvgIpc) is 3.29. The van der Waals surface area contributed by atoms with E-state index in [0.29, 0.717) is 6.54 Å². The monoisotopic (exact) mass is 420 g/mol. The highest BCUT2D eigenvalue weighted by atomic mass is 16.3. The van der Waals surface area contributed by atoms with Gasteiger partial charge in [0.25, 0.3) is 0 Å². The number of fused-ring (bicyclic) bond motifs is 1. The van der Waals surface area contributed by atoms with Crippen molar-refractivity contribution in [1.29, 1.82) is 0 Å². The summed E-state index contributed by atoms with van der Waals surface area (Å²) >= 11 is 0. The number of amides is 3. The summed E-state index contributed by atoms with van der Waals surface area (Å²) in [6.45, 7) is 0.500. The van der Waals surface area contributed by atoms with E-state index in [0.717, 1.165) is 42.4 Å². The van der Waals surface area contributed by atoms with Crippen molar-refractivity contribution in [3.63, 3.8) is 0 Å². The highest BCUT2D eigenvalue weighted by Crippen LogP contribution is 2.43. The predicted octanol–water partition coefficient (Wildman–Crippen LogP) is 2.37. The van der Waals surface area contributed by atoms with Crippen LogP contribution in [0.5, 0.6) is 0 Å². The molecule has 0 radical (unpaired) electrons. The van der Waals surface area contributed by atoms with E-state index < -0.39 is 0 Å². The van der Waals surface area contributed by atoms with Gasteiger partial charge in [-0.1, -0.05) is 43.2 Å². The summed E-state index contributed by atoms with van der Waals surface area (Å²) < 4.78 is 0. The molecule has 0 spiro atoms. The standard InChI is InChI=1S/C24H28N4O3/c29-15-21-23(17-9-7-16(8-10-17)18-4-3-11-25-12-18)20-13-27(14-22(30)28(20)21)24(31)26-19-5-1-2-6-19/h3-4,7-12,19-21,23,29H,1-2,5-6,13-15H2,(H,26,31)/t20-,21-,23+/m1/s1. The molecule has 5 rings (SSSR count). The van der Waals surface area contributed by atoms with Crippen molar-refractivity contribution in [3.05, 3.63) is 54.4 Å². The number of carbonyl (C=O) groups excluding carboxylic acids is 2. The lowest BCUT2D eigenvalue weighted by Gasteiger charge is -2.58. The molecule has 3 heterocycles. The number of benzene rings is 1. The van der Waals surface area contributed by atoms with Crippen LogP contribution in [0.25, 0.3) is 11.1 Å². The number of pyridine rings is 1. The van der Waals surface area contributed by atoms with E-state index in [1.54, 1.807) is 16.0 Å². The highest BCUT2D eigenvalue weighted by molar-refractivity contribution is 5.87. The number of hydrogen-bond acceptors (Lipinski definition) is 4. The summed E-state index contributed by atoms with van der Waals surface area (Å²) in [7, 11) is 0. The lowest BCUT2D eigenvalue weighted by atomic mass is 9.73. The number of urea groups is 1. The predicted molar refractivity (Wildman–Crippen MR) is 116 cm³/mol. The van der Waals surface area contributed by atoms with Crippen LogP contribution < -0.4 is 5.32 Å². The van der Waals surface area contributed by atoms with Gasteiger partial charge in [0.15, 0.2) is 0 Å². The Labute approximate surface area is 182 Å². The van der Waals surface area contributed by atoms with E-state index in [1.165, 1.54) is 0 Å². The molecule has 162 valence electrons. The number of piperazine rings is 1. The number of nitrogens with zero attached hydrogens (tertiary/aromatic N) is 3. The molecule has 3 fully saturated rings. The number of rotatable bonds is 4. The molecule has 31 heavy (non-hydrogen) atoms. The number of hydrogen-bond donors (Lipinski definition) is 2. The molecular weight excluding hydrogens is 392 g/mol. The average molecular weight is 421 g/mol. The normalized spacial score (nSPS) is 25.8. The second-order valence-corrected chi connectivity index (χ2v) is 8.82. The molecule has 3 amide bonds. The lowest BCUT2D eigenvalue weighted by Crippen LogP contribution is -2.74. The summed E-state index contributed by atoms with van der Waals surface area (Å²) in [6, 6.07) is 11.9. The summed E-state index contributed by atoms with van der Waals surface area (Å²) in [4.78, 5) is 33.1. The summed E-state index contributed by atoms with van der Waals surface area (Å²) in [5, 5.41) is 13.1. The molecule has 0 unspecified atom stereocenters. The molecule has 0 bridgehead atoms. The van der Waals surface area contributed by atoms with Gasteiger partial charge in [-0.2, -0.15) is 0 Å². The van der Waals surface area contributed by atoms with Gasteiger partial charge < -0.3 is 20.2 Å². The van der Waals surface area contributed by atoms with Crippen molar-refractivity contribution in [1.82, 2.24) is 20.1 Å². The van der Waals surface area contributed by atoms with Crippen LogP contribution in [0.2, 0.25) is 0 Å². The Morgan fingerprint density at radius 3 is 2.58 bits per heavy atom. The van der Waals surface area contributed by atoms with Crippen molar-refractivity contribution >= 4 is 11.9 Å². The Bertz CT molecular complexity index is 943. The van der Waals surface area contributed by atoms with Crippen molar-refractivity contribution < 1.29 is 14.7 Å².